The number of fused-ring (bicyclic) bond motifs is 1. The van der Waals surface area contributed by atoms with Crippen LogP contribution in [0.25, 0.3) is 23.1 Å². The van der Waals surface area contributed by atoms with Crippen LogP contribution in [0.2, 0.25) is 5.02 Å². The molecule has 0 amide bonds. The third-order valence-electron chi connectivity index (χ3n) is 5.58. The molecule has 1 saturated carbocycles. The van der Waals surface area contributed by atoms with Gasteiger partial charge in [-0.3, -0.25) is 11.3 Å². The molecule has 1 aromatic heterocycles. The maximum Gasteiger partial charge on any atom is 0.152 e. The summed E-state index contributed by atoms with van der Waals surface area (Å²) < 4.78 is 5.44. The Morgan fingerprint density at radius 1 is 1.07 bits per heavy atom. The third kappa shape index (κ3) is 4.42. The van der Waals surface area contributed by atoms with Crippen LogP contribution in [0.4, 0.5) is 0 Å². The van der Waals surface area contributed by atoms with Gasteiger partial charge in [-0.1, -0.05) is 42.7 Å². The Kier molecular flexibility index (Phi) is 6.09. The van der Waals surface area contributed by atoms with Crippen molar-refractivity contribution in [2.75, 3.05) is 7.11 Å². The summed E-state index contributed by atoms with van der Waals surface area (Å²) in [6.07, 6.45) is 8.41. The van der Waals surface area contributed by atoms with Crippen molar-refractivity contribution in [3.8, 4) is 5.75 Å². The van der Waals surface area contributed by atoms with Crippen molar-refractivity contribution in [2.24, 2.45) is 5.84 Å². The SMILES string of the molecule is COc1ccc2nc(/C=C\c3ccc(Cl)cc3)nc(C3CCCCC3NN)c2c1. The van der Waals surface area contributed by atoms with Crippen LogP contribution in [0, 0.1) is 0 Å². The molecule has 2 unspecified atom stereocenters. The predicted molar refractivity (Wildman–Crippen MR) is 119 cm³/mol. The summed E-state index contributed by atoms with van der Waals surface area (Å²) in [5.41, 5.74) is 6.00. The summed E-state index contributed by atoms with van der Waals surface area (Å²) in [5, 5.41) is 1.75. The summed E-state index contributed by atoms with van der Waals surface area (Å²) in [6, 6.07) is 13.9. The highest BCUT2D eigenvalue weighted by Crippen LogP contribution is 2.36. The van der Waals surface area contributed by atoms with E-state index in [1.54, 1.807) is 7.11 Å². The lowest BCUT2D eigenvalue weighted by Crippen LogP contribution is -2.41. The van der Waals surface area contributed by atoms with E-state index in [2.05, 4.69) is 5.43 Å². The number of nitrogens with two attached hydrogens (primary N) is 1. The smallest absolute Gasteiger partial charge is 0.152 e. The molecule has 0 spiro atoms. The van der Waals surface area contributed by atoms with E-state index in [-0.39, 0.29) is 12.0 Å². The fourth-order valence-electron chi connectivity index (χ4n) is 4.04. The molecule has 29 heavy (non-hydrogen) atoms. The van der Waals surface area contributed by atoms with Crippen LogP contribution >= 0.6 is 11.6 Å². The average Bonchev–Trinajstić information content (AvgIpc) is 2.77. The van der Waals surface area contributed by atoms with Crippen molar-refractivity contribution in [2.45, 2.75) is 37.6 Å². The van der Waals surface area contributed by atoms with Gasteiger partial charge in [-0.25, -0.2) is 9.97 Å². The van der Waals surface area contributed by atoms with Gasteiger partial charge in [-0.15, -0.1) is 0 Å². The van der Waals surface area contributed by atoms with Crippen molar-refractivity contribution in [1.29, 1.82) is 0 Å². The summed E-state index contributed by atoms with van der Waals surface area (Å²) >= 11 is 5.98. The molecule has 1 heterocycles. The van der Waals surface area contributed by atoms with Gasteiger partial charge in [0.05, 0.1) is 18.3 Å². The normalized spacial score (nSPS) is 19.7. The fourth-order valence-corrected chi connectivity index (χ4v) is 4.16. The van der Waals surface area contributed by atoms with Crippen molar-refractivity contribution in [3.63, 3.8) is 0 Å². The first kappa shape index (κ1) is 19.8. The molecule has 4 rings (SSSR count). The first-order valence-corrected chi connectivity index (χ1v) is 10.3. The number of nitrogens with one attached hydrogen (secondary N) is 1. The number of benzene rings is 2. The Bertz CT molecular complexity index is 1020. The first-order valence-electron chi connectivity index (χ1n) is 9.93. The number of hydrogen-bond acceptors (Lipinski definition) is 5. The molecular weight excluding hydrogens is 384 g/mol. The van der Waals surface area contributed by atoms with E-state index in [1.807, 2.05) is 54.6 Å². The van der Waals surface area contributed by atoms with E-state index in [0.717, 1.165) is 45.8 Å². The van der Waals surface area contributed by atoms with E-state index < -0.39 is 0 Å². The molecule has 150 valence electrons. The quantitative estimate of drug-likeness (QED) is 0.461. The molecule has 0 saturated heterocycles. The van der Waals surface area contributed by atoms with Crippen LogP contribution in [-0.4, -0.2) is 23.1 Å². The molecule has 1 aliphatic carbocycles. The number of hydrogen-bond donors (Lipinski definition) is 2. The van der Waals surface area contributed by atoms with Crippen LogP contribution in [0.5, 0.6) is 5.75 Å². The van der Waals surface area contributed by atoms with Gasteiger partial charge in [-0.2, -0.15) is 0 Å². The lowest BCUT2D eigenvalue weighted by Gasteiger charge is -2.31. The molecule has 0 radical (unpaired) electrons. The van der Waals surface area contributed by atoms with E-state index in [9.17, 15) is 0 Å². The highest BCUT2D eigenvalue weighted by atomic mass is 35.5. The summed E-state index contributed by atoms with van der Waals surface area (Å²) in [7, 11) is 1.68. The third-order valence-corrected chi connectivity index (χ3v) is 5.83. The lowest BCUT2D eigenvalue weighted by atomic mass is 9.81. The van der Waals surface area contributed by atoms with E-state index in [4.69, 9.17) is 32.1 Å². The van der Waals surface area contributed by atoms with Gasteiger partial charge in [0.1, 0.15) is 5.75 Å². The summed E-state index contributed by atoms with van der Waals surface area (Å²) in [6.45, 7) is 0. The zero-order valence-corrected chi connectivity index (χ0v) is 17.2. The molecule has 3 aromatic rings. The second kappa shape index (κ2) is 8.91. The van der Waals surface area contributed by atoms with Crippen LogP contribution < -0.4 is 16.0 Å². The highest BCUT2D eigenvalue weighted by molar-refractivity contribution is 6.30. The van der Waals surface area contributed by atoms with Gasteiger partial charge in [-0.05, 0) is 54.8 Å². The Morgan fingerprint density at radius 2 is 1.86 bits per heavy atom. The lowest BCUT2D eigenvalue weighted by molar-refractivity contribution is 0.328. The van der Waals surface area contributed by atoms with Crippen LogP contribution in [-0.2, 0) is 0 Å². The van der Waals surface area contributed by atoms with Crippen molar-refractivity contribution >= 4 is 34.7 Å². The highest BCUT2D eigenvalue weighted by Gasteiger charge is 2.28. The Balaban J connectivity index is 1.79. The molecule has 0 aliphatic heterocycles. The van der Waals surface area contributed by atoms with Crippen LogP contribution in [0.1, 0.15) is 48.7 Å². The van der Waals surface area contributed by atoms with Crippen molar-refractivity contribution < 1.29 is 4.74 Å². The standard InChI is InChI=1S/C23H25ClN4O/c1-29-17-11-12-20-19(14-17)23(18-4-2-3-5-21(18)28-25)27-22(26-20)13-8-15-6-9-16(24)10-7-15/h6-14,18,21,28H,2-5,25H2,1H3/b13-8-. The van der Waals surface area contributed by atoms with E-state index in [0.29, 0.717) is 5.82 Å². The molecule has 1 fully saturated rings. The molecule has 6 heteroatoms. The number of methoxy groups -OCH3 is 1. The van der Waals surface area contributed by atoms with Gasteiger partial charge in [0.25, 0.3) is 0 Å². The zero-order chi connectivity index (χ0) is 20.2. The molecule has 3 N–H and O–H groups in total. The maximum absolute atomic E-state index is 5.98. The number of rotatable bonds is 5. The van der Waals surface area contributed by atoms with Gasteiger partial charge in [0.2, 0.25) is 0 Å². The molecule has 2 aromatic carbocycles. The Labute approximate surface area is 175 Å². The second-order valence-electron chi connectivity index (χ2n) is 7.40. The van der Waals surface area contributed by atoms with Gasteiger partial charge in [0, 0.05) is 22.4 Å². The summed E-state index contributed by atoms with van der Waals surface area (Å²) in [5.74, 6) is 7.61. The van der Waals surface area contributed by atoms with E-state index >= 15 is 0 Å². The monoisotopic (exact) mass is 408 g/mol. The average molecular weight is 409 g/mol. The topological polar surface area (TPSA) is 73.1 Å². The second-order valence-corrected chi connectivity index (χ2v) is 7.84. The van der Waals surface area contributed by atoms with Gasteiger partial charge < -0.3 is 4.74 Å². The van der Waals surface area contributed by atoms with Crippen molar-refractivity contribution in [3.05, 3.63) is 64.6 Å². The van der Waals surface area contributed by atoms with Gasteiger partial charge in [0.15, 0.2) is 5.82 Å². The van der Waals surface area contributed by atoms with Crippen LogP contribution in [0.15, 0.2) is 42.5 Å². The molecule has 2 atom stereocenters. The fraction of sp³-hybridized carbons (Fsp3) is 0.304. The predicted octanol–water partition coefficient (Wildman–Crippen LogP) is 4.95. The number of hydrazine groups is 1. The largest absolute Gasteiger partial charge is 0.497 e. The zero-order valence-electron chi connectivity index (χ0n) is 16.4. The minimum absolute atomic E-state index is 0.209. The first-order chi connectivity index (χ1) is 14.2. The van der Waals surface area contributed by atoms with Crippen molar-refractivity contribution in [1.82, 2.24) is 15.4 Å². The summed E-state index contributed by atoms with van der Waals surface area (Å²) in [4.78, 5) is 9.71. The molecule has 1 aliphatic rings. The number of halogens is 1. The number of aromatic nitrogens is 2. The minimum atomic E-state index is 0.209. The van der Waals surface area contributed by atoms with Gasteiger partial charge >= 0.3 is 0 Å². The maximum atomic E-state index is 5.98. The number of nitrogens with zero attached hydrogens (tertiary/aromatic N) is 2. The number of ether oxygens (including phenoxy) is 1. The minimum Gasteiger partial charge on any atom is -0.497 e. The van der Waals surface area contributed by atoms with E-state index in [1.165, 1.54) is 12.8 Å². The van der Waals surface area contributed by atoms with Crippen LogP contribution in [0.3, 0.4) is 0 Å². The molecule has 5 nitrogen and oxygen atoms in total. The Hall–Kier alpha value is -2.47. The Morgan fingerprint density at radius 3 is 2.62 bits per heavy atom. The molecule has 0 bridgehead atoms. The molecular formula is C23H25ClN4O.